The predicted molar refractivity (Wildman–Crippen MR) is 75.1 cm³/mol. The number of rotatable bonds is 4. The van der Waals surface area contributed by atoms with E-state index >= 15 is 0 Å². The second-order valence-corrected chi connectivity index (χ2v) is 6.04. The number of carbonyl (C=O) groups is 2. The minimum Gasteiger partial charge on any atom is -0.444 e. The molecule has 0 aliphatic heterocycles. The summed E-state index contributed by atoms with van der Waals surface area (Å²) in [5.41, 5.74) is 0.0737. The molecule has 0 saturated heterocycles. The first-order valence-electron chi connectivity index (χ1n) is 6.79. The first-order chi connectivity index (χ1) is 9.21. The van der Waals surface area contributed by atoms with Gasteiger partial charge in [0.25, 0.3) is 0 Å². The minimum absolute atomic E-state index is 0.133. The Hall–Kier alpha value is -1.40. The van der Waals surface area contributed by atoms with Gasteiger partial charge in [0.1, 0.15) is 18.1 Å². The molecule has 0 aromatic carbocycles. The normalized spacial score (nSPS) is 24.6. The highest BCUT2D eigenvalue weighted by Crippen LogP contribution is 2.19. The number of aldehydes is 1. The van der Waals surface area contributed by atoms with Crippen LogP contribution in [0.15, 0.2) is 11.6 Å². The molecule has 114 valence electrons. The van der Waals surface area contributed by atoms with Crippen LogP contribution in [0.2, 0.25) is 0 Å². The van der Waals surface area contributed by atoms with Crippen molar-refractivity contribution >= 4 is 12.4 Å². The molecule has 0 spiro atoms. The van der Waals surface area contributed by atoms with E-state index in [1.807, 2.05) is 6.08 Å². The molecule has 1 rings (SSSR count). The molecule has 3 N–H and O–H groups in total. The molecule has 6 heteroatoms. The van der Waals surface area contributed by atoms with Crippen molar-refractivity contribution in [3.63, 3.8) is 0 Å². The smallest absolute Gasteiger partial charge is 0.407 e. The molecule has 0 radical (unpaired) electrons. The number of amides is 1. The molecule has 0 fully saturated rings. The van der Waals surface area contributed by atoms with Crippen LogP contribution < -0.4 is 10.6 Å². The van der Waals surface area contributed by atoms with Gasteiger partial charge in [-0.1, -0.05) is 6.08 Å². The molecule has 0 aromatic heterocycles. The van der Waals surface area contributed by atoms with Crippen LogP contribution >= 0.6 is 0 Å². The van der Waals surface area contributed by atoms with E-state index < -0.39 is 17.9 Å². The van der Waals surface area contributed by atoms with E-state index in [4.69, 9.17) is 4.74 Å². The Bertz CT molecular complexity index is 385. The molecular formula is C14H24N2O4. The molecule has 0 heterocycles. The van der Waals surface area contributed by atoms with Gasteiger partial charge in [-0.05, 0) is 46.1 Å². The predicted octanol–water partition coefficient (Wildman–Crippen LogP) is 1.10. The Labute approximate surface area is 119 Å². The number of alkyl carbamates (subject to hydrolysis) is 1. The van der Waals surface area contributed by atoms with E-state index in [1.54, 1.807) is 27.7 Å². The van der Waals surface area contributed by atoms with E-state index in [9.17, 15) is 14.7 Å². The van der Waals surface area contributed by atoms with E-state index in [0.717, 1.165) is 6.29 Å². The minimum atomic E-state index is -0.686. The molecule has 0 saturated carbocycles. The Morgan fingerprint density at radius 1 is 1.50 bits per heavy atom. The molecule has 3 unspecified atom stereocenters. The molecular weight excluding hydrogens is 260 g/mol. The summed E-state index contributed by atoms with van der Waals surface area (Å²) in [5.74, 6) is 0. The maximum atomic E-state index is 11.8. The fraction of sp³-hybridized carbons (Fsp3) is 0.714. The Morgan fingerprint density at radius 3 is 2.65 bits per heavy atom. The number of ether oxygens (including phenoxy) is 1. The van der Waals surface area contributed by atoms with Gasteiger partial charge in [-0.25, -0.2) is 4.79 Å². The lowest BCUT2D eigenvalue weighted by Gasteiger charge is -2.33. The van der Waals surface area contributed by atoms with E-state index in [0.29, 0.717) is 18.4 Å². The molecule has 0 aromatic rings. The molecule has 1 amide bonds. The lowest BCUT2D eigenvalue weighted by atomic mass is 9.90. The monoisotopic (exact) mass is 284 g/mol. The quantitative estimate of drug-likeness (QED) is 0.531. The van der Waals surface area contributed by atoms with Crippen molar-refractivity contribution < 1.29 is 19.4 Å². The summed E-state index contributed by atoms with van der Waals surface area (Å²) < 4.78 is 5.21. The molecule has 0 bridgehead atoms. The highest BCUT2D eigenvalue weighted by molar-refractivity contribution is 5.74. The van der Waals surface area contributed by atoms with Gasteiger partial charge < -0.3 is 15.2 Å². The summed E-state index contributed by atoms with van der Waals surface area (Å²) in [4.78, 5) is 22.7. The maximum Gasteiger partial charge on any atom is 0.407 e. The zero-order valence-corrected chi connectivity index (χ0v) is 12.5. The van der Waals surface area contributed by atoms with Gasteiger partial charge in [-0.3, -0.25) is 10.1 Å². The highest BCUT2D eigenvalue weighted by Gasteiger charge is 2.29. The number of aliphatic hydroxyl groups is 1. The Morgan fingerprint density at radius 2 is 2.15 bits per heavy atom. The van der Waals surface area contributed by atoms with Crippen LogP contribution in [0.4, 0.5) is 4.79 Å². The van der Waals surface area contributed by atoms with Gasteiger partial charge >= 0.3 is 6.09 Å². The summed E-state index contributed by atoms with van der Waals surface area (Å²) in [6.07, 6.45) is 2.40. The summed E-state index contributed by atoms with van der Waals surface area (Å²) in [6, 6.07) is -0.420. The zero-order chi connectivity index (χ0) is 15.3. The van der Waals surface area contributed by atoms with Crippen LogP contribution in [0.5, 0.6) is 0 Å². The zero-order valence-electron chi connectivity index (χ0n) is 12.5. The van der Waals surface area contributed by atoms with Crippen molar-refractivity contribution in [2.24, 2.45) is 0 Å². The summed E-state index contributed by atoms with van der Waals surface area (Å²) in [6.45, 7) is 6.98. The molecule has 1 aliphatic carbocycles. The van der Waals surface area contributed by atoms with Gasteiger partial charge in [-0.2, -0.15) is 0 Å². The summed E-state index contributed by atoms with van der Waals surface area (Å²) in [5, 5.41) is 15.2. The Balaban J connectivity index is 2.69. The number of carbonyl (C=O) groups excluding carboxylic acids is 2. The van der Waals surface area contributed by atoms with Crippen molar-refractivity contribution in [1.29, 1.82) is 0 Å². The van der Waals surface area contributed by atoms with Crippen LogP contribution in [0.3, 0.4) is 0 Å². The third kappa shape index (κ3) is 5.71. The van der Waals surface area contributed by atoms with Gasteiger partial charge in [0.2, 0.25) is 0 Å². The lowest BCUT2D eigenvalue weighted by Crippen LogP contribution is -2.54. The second kappa shape index (κ2) is 6.85. The molecule has 1 aliphatic rings. The highest BCUT2D eigenvalue weighted by atomic mass is 16.6. The Kier molecular flexibility index (Phi) is 5.71. The van der Waals surface area contributed by atoms with Crippen molar-refractivity contribution in [3.8, 4) is 0 Å². The van der Waals surface area contributed by atoms with Crippen LogP contribution in [-0.2, 0) is 9.53 Å². The summed E-state index contributed by atoms with van der Waals surface area (Å²) >= 11 is 0. The van der Waals surface area contributed by atoms with Crippen LogP contribution in [0.25, 0.3) is 0 Å². The van der Waals surface area contributed by atoms with Crippen LogP contribution in [0, 0.1) is 0 Å². The lowest BCUT2D eigenvalue weighted by molar-refractivity contribution is -0.105. The largest absolute Gasteiger partial charge is 0.444 e. The number of hydrogen-bond donors (Lipinski definition) is 3. The van der Waals surface area contributed by atoms with Gasteiger partial charge in [0.15, 0.2) is 0 Å². The van der Waals surface area contributed by atoms with Crippen molar-refractivity contribution in [2.75, 3.05) is 0 Å². The van der Waals surface area contributed by atoms with E-state index in [1.165, 1.54) is 0 Å². The topological polar surface area (TPSA) is 87.7 Å². The third-order valence-electron chi connectivity index (χ3n) is 2.88. The average molecular weight is 284 g/mol. The van der Waals surface area contributed by atoms with Gasteiger partial charge in [0, 0.05) is 6.04 Å². The molecule has 3 atom stereocenters. The van der Waals surface area contributed by atoms with Crippen molar-refractivity contribution in [3.05, 3.63) is 11.6 Å². The van der Waals surface area contributed by atoms with Crippen molar-refractivity contribution in [2.45, 2.75) is 64.4 Å². The van der Waals surface area contributed by atoms with E-state index in [2.05, 4.69) is 10.6 Å². The fourth-order valence-corrected chi connectivity index (χ4v) is 2.12. The maximum absolute atomic E-state index is 11.8. The summed E-state index contributed by atoms with van der Waals surface area (Å²) in [7, 11) is 0. The number of aliphatic hydroxyl groups excluding tert-OH is 1. The second-order valence-electron chi connectivity index (χ2n) is 6.04. The SMILES string of the molecule is CC(O)NC1CC=C(C=O)CC1NC(=O)OC(C)(C)C. The third-order valence-corrected chi connectivity index (χ3v) is 2.88. The fourth-order valence-electron chi connectivity index (χ4n) is 2.12. The number of hydrogen-bond acceptors (Lipinski definition) is 5. The van der Waals surface area contributed by atoms with E-state index in [-0.39, 0.29) is 12.1 Å². The van der Waals surface area contributed by atoms with Crippen LogP contribution in [0.1, 0.15) is 40.5 Å². The standard InChI is InChI=1S/C14H24N2O4/c1-9(18)15-11-6-5-10(8-17)7-12(11)16-13(19)20-14(2,3)4/h5,8-9,11-12,15,18H,6-7H2,1-4H3,(H,16,19). The average Bonchev–Trinajstić information content (AvgIpc) is 2.28. The first-order valence-corrected chi connectivity index (χ1v) is 6.79. The van der Waals surface area contributed by atoms with Crippen molar-refractivity contribution in [1.82, 2.24) is 10.6 Å². The van der Waals surface area contributed by atoms with Gasteiger partial charge in [0.05, 0.1) is 6.04 Å². The van der Waals surface area contributed by atoms with Crippen LogP contribution in [-0.4, -0.2) is 41.4 Å². The molecule has 6 nitrogen and oxygen atoms in total. The number of nitrogens with one attached hydrogen (secondary N) is 2. The molecule has 20 heavy (non-hydrogen) atoms. The first kappa shape index (κ1) is 16.7. The van der Waals surface area contributed by atoms with Gasteiger partial charge in [-0.15, -0.1) is 0 Å².